The van der Waals surface area contributed by atoms with Gasteiger partial charge in [0.25, 0.3) is 0 Å². The standard InChI is InChI=1S/C15H29N.C11H22N2O3S.C2H6/c1-5-8-14(9-6-2)15-10-11-16(12-15)13(4)7-3;1-4-5-9(2)11(14)13-7-6-10(8-13)17(15,16)12-3;1-2/h14-15H,4-12H2,1-3H3;9-10,12H,4-8H2,1-3H3;1-2H3. The van der Waals surface area contributed by atoms with Gasteiger partial charge in [0.05, 0.1) is 5.25 Å². The zero-order chi connectivity index (χ0) is 27.0. The third-order valence-electron chi connectivity index (χ3n) is 7.39. The SMILES string of the molecule is C=C(CC)N1CCC(C(CCC)CCC)C1.CC.CCCC(C)C(=O)N1CCC(S(=O)(=O)NC)C1. The normalized spacial score (nSPS) is 20.7. The fourth-order valence-corrected chi connectivity index (χ4v) is 6.38. The Labute approximate surface area is 218 Å². The highest BCUT2D eigenvalue weighted by molar-refractivity contribution is 7.90. The summed E-state index contributed by atoms with van der Waals surface area (Å²) in [7, 11) is -1.83. The summed E-state index contributed by atoms with van der Waals surface area (Å²) < 4.78 is 25.6. The number of amides is 1. The second-order valence-corrected chi connectivity index (χ2v) is 12.1. The summed E-state index contributed by atoms with van der Waals surface area (Å²) in [5.74, 6) is 1.98. The van der Waals surface area contributed by atoms with Crippen LogP contribution in [-0.4, -0.2) is 62.6 Å². The molecule has 0 aromatic rings. The van der Waals surface area contributed by atoms with E-state index in [0.717, 1.165) is 31.1 Å². The molecule has 6 nitrogen and oxygen atoms in total. The molecule has 2 aliphatic heterocycles. The first-order valence-corrected chi connectivity index (χ1v) is 15.8. The molecule has 0 aromatic heterocycles. The number of carbonyl (C=O) groups is 1. The number of carbonyl (C=O) groups excluding carboxylic acids is 1. The number of nitrogens with zero attached hydrogens (tertiary/aromatic N) is 2. The van der Waals surface area contributed by atoms with Crippen LogP contribution in [0, 0.1) is 17.8 Å². The highest BCUT2D eigenvalue weighted by atomic mass is 32.2. The molecule has 0 bridgehead atoms. The predicted molar refractivity (Wildman–Crippen MR) is 151 cm³/mol. The Bertz CT molecular complexity index is 690. The molecule has 1 N–H and O–H groups in total. The summed E-state index contributed by atoms with van der Waals surface area (Å²) in [5, 5.41) is -0.453. The molecular weight excluding hydrogens is 458 g/mol. The Kier molecular flexibility index (Phi) is 17.6. The molecule has 1 amide bonds. The first-order chi connectivity index (χ1) is 16.6. The van der Waals surface area contributed by atoms with Crippen molar-refractivity contribution in [2.45, 2.75) is 112 Å². The van der Waals surface area contributed by atoms with E-state index >= 15 is 0 Å². The maximum absolute atomic E-state index is 12.0. The van der Waals surface area contributed by atoms with Gasteiger partial charge in [-0.25, -0.2) is 13.1 Å². The summed E-state index contributed by atoms with van der Waals surface area (Å²) in [6.45, 7) is 22.4. The maximum Gasteiger partial charge on any atom is 0.225 e. The van der Waals surface area contributed by atoms with Crippen molar-refractivity contribution < 1.29 is 13.2 Å². The van der Waals surface area contributed by atoms with Crippen molar-refractivity contribution in [1.82, 2.24) is 14.5 Å². The molecule has 208 valence electrons. The van der Waals surface area contributed by atoms with Crippen LogP contribution in [0.4, 0.5) is 0 Å². The monoisotopic (exact) mass is 515 g/mol. The number of hydrogen-bond donors (Lipinski definition) is 1. The molecule has 2 rings (SSSR count). The molecule has 0 spiro atoms. The lowest BCUT2D eigenvalue weighted by molar-refractivity contribution is -0.134. The topological polar surface area (TPSA) is 69.7 Å². The lowest BCUT2D eigenvalue weighted by Gasteiger charge is -2.24. The number of nitrogens with one attached hydrogen (secondary N) is 1. The van der Waals surface area contributed by atoms with Crippen molar-refractivity contribution in [2.24, 2.45) is 17.8 Å². The van der Waals surface area contributed by atoms with Crippen LogP contribution in [0.3, 0.4) is 0 Å². The van der Waals surface area contributed by atoms with E-state index in [-0.39, 0.29) is 11.8 Å². The van der Waals surface area contributed by atoms with Crippen LogP contribution in [0.5, 0.6) is 0 Å². The summed E-state index contributed by atoms with van der Waals surface area (Å²) in [6, 6.07) is 0. The molecule has 0 aliphatic carbocycles. The van der Waals surface area contributed by atoms with Gasteiger partial charge in [0.1, 0.15) is 0 Å². The number of likely N-dealkylation sites (tertiary alicyclic amines) is 2. The molecule has 2 aliphatic rings. The van der Waals surface area contributed by atoms with E-state index in [1.54, 1.807) is 4.90 Å². The fourth-order valence-electron chi connectivity index (χ4n) is 5.26. The van der Waals surface area contributed by atoms with Crippen LogP contribution < -0.4 is 4.72 Å². The highest BCUT2D eigenvalue weighted by Crippen LogP contribution is 2.32. The lowest BCUT2D eigenvalue weighted by Crippen LogP contribution is -2.37. The summed E-state index contributed by atoms with van der Waals surface area (Å²) >= 11 is 0. The van der Waals surface area contributed by atoms with Gasteiger partial charge in [-0.05, 0) is 44.6 Å². The average molecular weight is 516 g/mol. The van der Waals surface area contributed by atoms with Crippen molar-refractivity contribution >= 4 is 15.9 Å². The first-order valence-electron chi connectivity index (χ1n) is 14.3. The Hall–Kier alpha value is -1.08. The largest absolute Gasteiger partial charge is 0.375 e. The molecule has 7 heteroatoms. The minimum atomic E-state index is -3.25. The molecule has 2 fully saturated rings. The van der Waals surface area contributed by atoms with E-state index < -0.39 is 15.3 Å². The van der Waals surface area contributed by atoms with Gasteiger partial charge in [-0.3, -0.25) is 4.79 Å². The Morgan fingerprint density at radius 3 is 1.97 bits per heavy atom. The summed E-state index contributed by atoms with van der Waals surface area (Å²) in [6.07, 6.45) is 10.4. The quantitative estimate of drug-likeness (QED) is 0.344. The van der Waals surface area contributed by atoms with Crippen molar-refractivity contribution in [3.05, 3.63) is 12.3 Å². The van der Waals surface area contributed by atoms with E-state index in [4.69, 9.17) is 0 Å². The Morgan fingerprint density at radius 2 is 1.49 bits per heavy atom. The van der Waals surface area contributed by atoms with Gasteiger partial charge in [-0.15, -0.1) is 0 Å². The zero-order valence-corrected chi connectivity index (χ0v) is 25.1. The van der Waals surface area contributed by atoms with Gasteiger partial charge in [0, 0.05) is 37.8 Å². The van der Waals surface area contributed by atoms with Crippen LogP contribution >= 0.6 is 0 Å². The molecule has 0 aromatic carbocycles. The third kappa shape index (κ3) is 11.2. The van der Waals surface area contributed by atoms with Gasteiger partial charge in [0.15, 0.2) is 0 Å². The summed E-state index contributed by atoms with van der Waals surface area (Å²) in [5.41, 5.74) is 1.34. The van der Waals surface area contributed by atoms with E-state index in [9.17, 15) is 13.2 Å². The number of sulfonamides is 1. The first kappa shape index (κ1) is 33.9. The smallest absolute Gasteiger partial charge is 0.225 e. The van der Waals surface area contributed by atoms with Crippen molar-refractivity contribution in [3.8, 4) is 0 Å². The molecule has 0 saturated carbocycles. The van der Waals surface area contributed by atoms with Crippen LogP contribution in [-0.2, 0) is 14.8 Å². The molecule has 2 saturated heterocycles. The maximum atomic E-state index is 12.0. The molecule has 3 unspecified atom stereocenters. The van der Waals surface area contributed by atoms with Gasteiger partial charge in [0.2, 0.25) is 15.9 Å². The second-order valence-electron chi connectivity index (χ2n) is 9.89. The molecular formula is C28H57N3O3S. The van der Waals surface area contributed by atoms with Gasteiger partial charge in [-0.2, -0.15) is 0 Å². The third-order valence-corrected chi connectivity index (χ3v) is 9.22. The number of hydrogen-bond acceptors (Lipinski definition) is 4. The fraction of sp³-hybridized carbons (Fsp3) is 0.893. The molecule has 2 heterocycles. The molecule has 35 heavy (non-hydrogen) atoms. The Balaban J connectivity index is 0.000000618. The minimum absolute atomic E-state index is 0.00367. The van der Waals surface area contributed by atoms with E-state index in [0.29, 0.717) is 19.5 Å². The van der Waals surface area contributed by atoms with Crippen molar-refractivity contribution in [1.29, 1.82) is 0 Å². The van der Waals surface area contributed by atoms with Gasteiger partial charge >= 0.3 is 0 Å². The Morgan fingerprint density at radius 1 is 0.943 bits per heavy atom. The molecule has 0 radical (unpaired) electrons. The predicted octanol–water partition coefficient (Wildman–Crippen LogP) is 6.05. The summed E-state index contributed by atoms with van der Waals surface area (Å²) in [4.78, 5) is 16.2. The number of rotatable bonds is 12. The van der Waals surface area contributed by atoms with Crippen LogP contribution in [0.2, 0.25) is 0 Å². The van der Waals surface area contributed by atoms with E-state index in [1.165, 1.54) is 57.9 Å². The zero-order valence-electron chi connectivity index (χ0n) is 24.2. The van der Waals surface area contributed by atoms with Crippen molar-refractivity contribution in [3.63, 3.8) is 0 Å². The average Bonchev–Trinajstić information content (AvgIpc) is 3.56. The van der Waals surface area contributed by atoms with Gasteiger partial charge < -0.3 is 9.80 Å². The van der Waals surface area contributed by atoms with Crippen molar-refractivity contribution in [2.75, 3.05) is 33.2 Å². The van der Waals surface area contributed by atoms with Crippen LogP contribution in [0.1, 0.15) is 106 Å². The van der Waals surface area contributed by atoms with E-state index in [1.807, 2.05) is 27.7 Å². The van der Waals surface area contributed by atoms with E-state index in [2.05, 4.69) is 37.0 Å². The van der Waals surface area contributed by atoms with Crippen LogP contribution in [0.15, 0.2) is 12.3 Å². The lowest BCUT2D eigenvalue weighted by atomic mass is 9.84. The van der Waals surface area contributed by atoms with Crippen LogP contribution in [0.25, 0.3) is 0 Å². The number of allylic oxidation sites excluding steroid dienone is 1. The molecule has 3 atom stereocenters. The highest BCUT2D eigenvalue weighted by Gasteiger charge is 2.35. The van der Waals surface area contributed by atoms with Gasteiger partial charge in [-0.1, -0.05) is 87.1 Å². The second kappa shape index (κ2) is 18.2. The minimum Gasteiger partial charge on any atom is -0.375 e.